The minimum atomic E-state index is -0.735. The number of anilines is 2. The van der Waals surface area contributed by atoms with E-state index < -0.39 is 17.1 Å². The van der Waals surface area contributed by atoms with Crippen LogP contribution in [-0.2, 0) is 9.59 Å². The largest absolute Gasteiger partial charge is 0.324 e. The first-order valence-corrected chi connectivity index (χ1v) is 18.0. The van der Waals surface area contributed by atoms with Crippen molar-refractivity contribution in [1.29, 1.82) is 0 Å². The number of amides is 3. The van der Waals surface area contributed by atoms with Gasteiger partial charge in [-0.15, -0.1) is 11.8 Å². The summed E-state index contributed by atoms with van der Waals surface area (Å²) in [6.07, 6.45) is 1.62. The Hall–Kier alpha value is -6.84. The van der Waals surface area contributed by atoms with Crippen LogP contribution in [0.25, 0.3) is 6.08 Å². The second-order valence-corrected chi connectivity index (χ2v) is 13.8. The summed E-state index contributed by atoms with van der Waals surface area (Å²) in [5.74, 6) is -1.90. The summed E-state index contributed by atoms with van der Waals surface area (Å²) in [5, 5.41) is 7.83. The van der Waals surface area contributed by atoms with Gasteiger partial charge in [0.25, 0.3) is 11.8 Å². The van der Waals surface area contributed by atoms with Gasteiger partial charge in [0, 0.05) is 32.8 Å². The standard InChI is InChI=1S/C45H33N3O5S/c1-28-19-21-29(22-20-28)27-38(48-43(51)31-13-6-3-7-14-31)44(52)46-32-23-25-33(26-24-32)54-42(30-11-4-2-5-12-30)45(53)47-37-18-10-17-36-39(37)41(50)35-16-9-8-15-34(35)40(36)49/h2-27,42H,1H3,(H,46,52)(H,47,53)(H,48,51)/b38-27-. The van der Waals surface area contributed by atoms with Crippen LogP contribution in [0.5, 0.6) is 0 Å². The zero-order valence-electron chi connectivity index (χ0n) is 29.0. The minimum Gasteiger partial charge on any atom is -0.324 e. The molecule has 1 aliphatic rings. The fraction of sp³-hybridized carbons (Fsp3) is 0.0444. The molecule has 1 aliphatic carbocycles. The van der Waals surface area contributed by atoms with E-state index in [9.17, 15) is 24.0 Å². The number of carbonyl (C=O) groups is 5. The van der Waals surface area contributed by atoms with E-state index in [0.717, 1.165) is 21.6 Å². The summed E-state index contributed by atoms with van der Waals surface area (Å²) in [5.41, 5.74) is 4.81. The lowest BCUT2D eigenvalue weighted by Crippen LogP contribution is -2.30. The van der Waals surface area contributed by atoms with Crippen LogP contribution in [0.1, 0.15) is 64.1 Å². The Kier molecular flexibility index (Phi) is 10.4. The quantitative estimate of drug-likeness (QED) is 0.0958. The lowest BCUT2D eigenvalue weighted by molar-refractivity contribution is -0.116. The number of hydrogen-bond donors (Lipinski definition) is 3. The predicted octanol–water partition coefficient (Wildman–Crippen LogP) is 8.65. The molecule has 9 heteroatoms. The lowest BCUT2D eigenvalue weighted by atomic mass is 9.83. The molecular weight excluding hydrogens is 695 g/mol. The maximum Gasteiger partial charge on any atom is 0.272 e. The topological polar surface area (TPSA) is 121 Å². The van der Waals surface area contributed by atoms with Crippen molar-refractivity contribution in [1.82, 2.24) is 5.32 Å². The van der Waals surface area contributed by atoms with Crippen molar-refractivity contribution in [3.63, 3.8) is 0 Å². The van der Waals surface area contributed by atoms with Crippen molar-refractivity contribution in [3.8, 4) is 0 Å². The normalized spacial score (nSPS) is 12.6. The first-order chi connectivity index (χ1) is 26.2. The molecule has 0 spiro atoms. The molecule has 0 radical (unpaired) electrons. The highest BCUT2D eigenvalue weighted by Crippen LogP contribution is 2.38. The van der Waals surface area contributed by atoms with Crippen LogP contribution in [0.3, 0.4) is 0 Å². The van der Waals surface area contributed by atoms with Crippen LogP contribution in [-0.4, -0.2) is 29.3 Å². The van der Waals surface area contributed by atoms with E-state index >= 15 is 0 Å². The summed E-state index contributed by atoms with van der Waals surface area (Å²) in [7, 11) is 0. The average Bonchev–Trinajstić information content (AvgIpc) is 3.20. The molecule has 0 heterocycles. The minimum absolute atomic E-state index is 0.0683. The van der Waals surface area contributed by atoms with Gasteiger partial charge in [-0.1, -0.05) is 115 Å². The number of thioether (sulfide) groups is 1. The molecule has 8 nitrogen and oxygen atoms in total. The van der Waals surface area contributed by atoms with E-state index in [4.69, 9.17) is 0 Å². The Balaban J connectivity index is 1.10. The fourth-order valence-corrected chi connectivity index (χ4v) is 7.10. The van der Waals surface area contributed by atoms with Crippen molar-refractivity contribution in [2.24, 2.45) is 0 Å². The van der Waals surface area contributed by atoms with E-state index in [1.807, 2.05) is 67.6 Å². The fourth-order valence-electron chi connectivity index (χ4n) is 6.07. The Morgan fingerprint density at radius 3 is 1.91 bits per heavy atom. The van der Waals surface area contributed by atoms with Crippen molar-refractivity contribution >= 4 is 58.5 Å². The molecule has 6 aromatic rings. The van der Waals surface area contributed by atoms with Gasteiger partial charge in [-0.25, -0.2) is 0 Å². The Morgan fingerprint density at radius 2 is 1.22 bits per heavy atom. The maximum absolute atomic E-state index is 14.1. The third kappa shape index (κ3) is 7.81. The van der Waals surface area contributed by atoms with E-state index in [0.29, 0.717) is 22.4 Å². The third-order valence-corrected chi connectivity index (χ3v) is 10.1. The van der Waals surface area contributed by atoms with Gasteiger partial charge in [0.2, 0.25) is 5.91 Å². The number of rotatable bonds is 10. The molecule has 6 aromatic carbocycles. The molecular formula is C45H33N3O5S. The maximum atomic E-state index is 14.1. The highest BCUT2D eigenvalue weighted by Gasteiger charge is 2.33. The van der Waals surface area contributed by atoms with Gasteiger partial charge in [0.15, 0.2) is 11.6 Å². The smallest absolute Gasteiger partial charge is 0.272 e. The molecule has 0 saturated heterocycles. The summed E-state index contributed by atoms with van der Waals surface area (Å²) < 4.78 is 0. The molecule has 0 saturated carbocycles. The molecule has 0 aliphatic heterocycles. The van der Waals surface area contributed by atoms with E-state index in [2.05, 4.69) is 16.0 Å². The van der Waals surface area contributed by atoms with Gasteiger partial charge < -0.3 is 16.0 Å². The average molecular weight is 728 g/mol. The Bertz CT molecular complexity index is 2430. The van der Waals surface area contributed by atoms with Crippen molar-refractivity contribution in [2.75, 3.05) is 10.6 Å². The number of aryl methyl sites for hydroxylation is 1. The molecule has 264 valence electrons. The van der Waals surface area contributed by atoms with Crippen LogP contribution in [0.2, 0.25) is 0 Å². The Morgan fingerprint density at radius 1 is 0.611 bits per heavy atom. The molecule has 3 N–H and O–H groups in total. The van der Waals surface area contributed by atoms with E-state index in [-0.39, 0.29) is 40.0 Å². The van der Waals surface area contributed by atoms with Gasteiger partial charge in [0.1, 0.15) is 10.9 Å². The second-order valence-electron chi connectivity index (χ2n) is 12.6. The van der Waals surface area contributed by atoms with Crippen LogP contribution < -0.4 is 16.0 Å². The Labute approximate surface area is 316 Å². The SMILES string of the molecule is Cc1ccc(/C=C(\NC(=O)c2ccccc2)C(=O)Nc2ccc(SC(C(=O)Nc3cccc4c3C(=O)c3ccccc3C4=O)c3ccccc3)cc2)cc1. The summed E-state index contributed by atoms with van der Waals surface area (Å²) >= 11 is 1.29. The zero-order chi connectivity index (χ0) is 37.6. The summed E-state index contributed by atoms with van der Waals surface area (Å²) in [6.45, 7) is 1.97. The monoisotopic (exact) mass is 727 g/mol. The van der Waals surface area contributed by atoms with Crippen molar-refractivity contribution < 1.29 is 24.0 Å². The molecule has 1 unspecified atom stereocenters. The molecule has 7 rings (SSSR count). The first kappa shape index (κ1) is 35.6. The summed E-state index contributed by atoms with van der Waals surface area (Å²) in [4.78, 5) is 68.3. The lowest BCUT2D eigenvalue weighted by Gasteiger charge is -2.22. The second kappa shape index (κ2) is 15.8. The summed E-state index contributed by atoms with van der Waals surface area (Å²) in [6, 6.07) is 44.1. The van der Waals surface area contributed by atoms with Gasteiger partial charge in [-0.2, -0.15) is 0 Å². The number of fused-ring (bicyclic) bond motifs is 2. The van der Waals surface area contributed by atoms with Crippen molar-refractivity contribution in [2.45, 2.75) is 17.1 Å². The van der Waals surface area contributed by atoms with Gasteiger partial charge in [-0.3, -0.25) is 24.0 Å². The molecule has 54 heavy (non-hydrogen) atoms. The molecule has 0 aromatic heterocycles. The van der Waals surface area contributed by atoms with E-state index in [1.54, 1.807) is 97.1 Å². The first-order valence-electron chi connectivity index (χ1n) is 17.2. The molecule has 0 bridgehead atoms. The van der Waals surface area contributed by atoms with Crippen molar-refractivity contribution in [3.05, 3.63) is 202 Å². The molecule has 0 fully saturated rings. The zero-order valence-corrected chi connectivity index (χ0v) is 29.9. The molecule has 3 amide bonds. The van der Waals surface area contributed by atoms with Crippen LogP contribution >= 0.6 is 11.8 Å². The van der Waals surface area contributed by atoms with Crippen LogP contribution in [0.4, 0.5) is 11.4 Å². The van der Waals surface area contributed by atoms with Gasteiger partial charge >= 0.3 is 0 Å². The number of carbonyl (C=O) groups excluding carboxylic acids is 5. The highest BCUT2D eigenvalue weighted by atomic mass is 32.2. The highest BCUT2D eigenvalue weighted by molar-refractivity contribution is 8.00. The van der Waals surface area contributed by atoms with Crippen LogP contribution in [0.15, 0.2) is 162 Å². The number of hydrogen-bond acceptors (Lipinski definition) is 6. The third-order valence-electron chi connectivity index (χ3n) is 8.83. The van der Waals surface area contributed by atoms with Gasteiger partial charge in [0.05, 0.1) is 11.3 Å². The number of ketones is 2. The molecule has 1 atom stereocenters. The van der Waals surface area contributed by atoms with Crippen LogP contribution in [0, 0.1) is 6.92 Å². The number of nitrogens with one attached hydrogen (secondary N) is 3. The van der Waals surface area contributed by atoms with E-state index in [1.165, 1.54) is 11.8 Å². The number of benzene rings is 6. The van der Waals surface area contributed by atoms with Gasteiger partial charge in [-0.05, 0) is 66.6 Å². The predicted molar refractivity (Wildman–Crippen MR) is 212 cm³/mol.